The van der Waals surface area contributed by atoms with Gasteiger partial charge in [0.15, 0.2) is 0 Å². The topological polar surface area (TPSA) is 69.6 Å². The van der Waals surface area contributed by atoms with E-state index < -0.39 is 5.97 Å². The average molecular weight is 251 g/mol. The van der Waals surface area contributed by atoms with Crippen LogP contribution in [0.1, 0.15) is 24.8 Å². The number of hydrogen-bond donors (Lipinski definition) is 3. The molecule has 2 rings (SSSR count). The van der Waals surface area contributed by atoms with Gasteiger partial charge >= 0.3 is 5.97 Å². The first kappa shape index (κ1) is 14.7. The Kier molecular flexibility index (Phi) is 7.06. The predicted molar refractivity (Wildman–Crippen MR) is 70.5 cm³/mol. The number of benzene rings is 1. The standard InChI is InChI=1S/C9H10O2.C5H11NO/c10-9(11)7-6-8-4-2-1-3-5-8;7-5-1-3-6-4-2-5/h1-5H,6-7H2,(H,10,11);5-7H,1-4H2. The average Bonchev–Trinajstić information content (AvgIpc) is 2.39. The molecule has 0 spiro atoms. The Morgan fingerprint density at radius 1 is 1.22 bits per heavy atom. The number of rotatable bonds is 3. The second-order valence-corrected chi connectivity index (χ2v) is 4.36. The molecule has 3 N–H and O–H groups in total. The third-order valence-corrected chi connectivity index (χ3v) is 2.78. The van der Waals surface area contributed by atoms with Crippen LogP contribution in [0.15, 0.2) is 30.3 Å². The third-order valence-electron chi connectivity index (χ3n) is 2.78. The van der Waals surface area contributed by atoms with Crippen LogP contribution in [0.3, 0.4) is 0 Å². The lowest BCUT2D eigenvalue weighted by atomic mass is 10.1. The molecule has 4 nitrogen and oxygen atoms in total. The van der Waals surface area contributed by atoms with Crippen LogP contribution in [0, 0.1) is 0 Å². The smallest absolute Gasteiger partial charge is 0.303 e. The molecule has 0 aliphatic carbocycles. The maximum atomic E-state index is 10.2. The van der Waals surface area contributed by atoms with Crippen LogP contribution >= 0.6 is 0 Å². The van der Waals surface area contributed by atoms with Crippen molar-refractivity contribution in [3.05, 3.63) is 35.9 Å². The molecular formula is C14H21NO3. The van der Waals surface area contributed by atoms with Crippen molar-refractivity contribution in [1.82, 2.24) is 5.32 Å². The highest BCUT2D eigenvalue weighted by molar-refractivity contribution is 5.67. The Morgan fingerprint density at radius 3 is 2.28 bits per heavy atom. The largest absolute Gasteiger partial charge is 0.481 e. The molecule has 0 bridgehead atoms. The zero-order valence-electron chi connectivity index (χ0n) is 10.5. The van der Waals surface area contributed by atoms with E-state index in [2.05, 4.69) is 5.32 Å². The molecule has 1 fully saturated rings. The molecule has 1 aliphatic heterocycles. The summed E-state index contributed by atoms with van der Waals surface area (Å²) >= 11 is 0. The number of carboxylic acids is 1. The summed E-state index contributed by atoms with van der Waals surface area (Å²) in [5.74, 6) is -0.742. The van der Waals surface area contributed by atoms with Gasteiger partial charge < -0.3 is 15.5 Å². The van der Waals surface area contributed by atoms with Gasteiger partial charge in [0.1, 0.15) is 0 Å². The van der Waals surface area contributed by atoms with Crippen LogP contribution in [0.4, 0.5) is 0 Å². The van der Waals surface area contributed by atoms with Crippen LogP contribution in [-0.2, 0) is 11.2 Å². The van der Waals surface area contributed by atoms with E-state index in [1.54, 1.807) is 0 Å². The highest BCUT2D eigenvalue weighted by atomic mass is 16.4. The molecule has 0 atom stereocenters. The first-order valence-electron chi connectivity index (χ1n) is 6.33. The van der Waals surface area contributed by atoms with Gasteiger partial charge in [0.25, 0.3) is 0 Å². The normalized spacial score (nSPS) is 15.6. The van der Waals surface area contributed by atoms with Crippen molar-refractivity contribution in [2.45, 2.75) is 31.8 Å². The Morgan fingerprint density at radius 2 is 1.83 bits per heavy atom. The van der Waals surface area contributed by atoms with Crippen molar-refractivity contribution >= 4 is 5.97 Å². The number of aliphatic hydroxyl groups excluding tert-OH is 1. The molecule has 1 aromatic rings. The minimum atomic E-state index is -0.742. The molecule has 1 heterocycles. The monoisotopic (exact) mass is 251 g/mol. The maximum absolute atomic E-state index is 10.2. The van der Waals surface area contributed by atoms with Crippen molar-refractivity contribution in [3.8, 4) is 0 Å². The van der Waals surface area contributed by atoms with Crippen LogP contribution in [0.5, 0.6) is 0 Å². The van der Waals surface area contributed by atoms with Crippen LogP contribution in [0.2, 0.25) is 0 Å². The number of aliphatic carboxylic acids is 1. The molecular weight excluding hydrogens is 230 g/mol. The summed E-state index contributed by atoms with van der Waals surface area (Å²) in [6.07, 6.45) is 2.67. The SMILES string of the molecule is O=C(O)CCc1ccccc1.OC1CCNCC1. The molecule has 4 heteroatoms. The van der Waals surface area contributed by atoms with Gasteiger partial charge in [-0.05, 0) is 37.9 Å². The lowest BCUT2D eigenvalue weighted by Crippen LogP contribution is -2.30. The van der Waals surface area contributed by atoms with Gasteiger partial charge in [0.2, 0.25) is 0 Å². The van der Waals surface area contributed by atoms with E-state index in [0.717, 1.165) is 31.5 Å². The molecule has 1 aliphatic rings. The quantitative estimate of drug-likeness (QED) is 0.760. The van der Waals surface area contributed by atoms with Crippen LogP contribution < -0.4 is 5.32 Å². The van der Waals surface area contributed by atoms with E-state index in [4.69, 9.17) is 10.2 Å². The summed E-state index contributed by atoms with van der Waals surface area (Å²) in [5, 5.41) is 20.4. The summed E-state index contributed by atoms with van der Waals surface area (Å²) in [6.45, 7) is 1.97. The zero-order valence-corrected chi connectivity index (χ0v) is 10.5. The first-order valence-corrected chi connectivity index (χ1v) is 6.33. The molecule has 0 amide bonds. The second kappa shape index (κ2) is 8.66. The Bertz CT molecular complexity index is 334. The number of hydrogen-bond acceptors (Lipinski definition) is 3. The minimum absolute atomic E-state index is 0.0266. The van der Waals surface area contributed by atoms with E-state index in [1.807, 2.05) is 30.3 Å². The summed E-state index contributed by atoms with van der Waals surface area (Å²) in [5.41, 5.74) is 1.08. The Labute approximate surface area is 108 Å². The number of carbonyl (C=O) groups is 1. The zero-order chi connectivity index (χ0) is 13.2. The first-order chi connectivity index (χ1) is 8.68. The lowest BCUT2D eigenvalue weighted by Gasteiger charge is -2.16. The molecule has 1 aromatic carbocycles. The van der Waals surface area contributed by atoms with E-state index in [1.165, 1.54) is 0 Å². The third kappa shape index (κ3) is 7.04. The highest BCUT2D eigenvalue weighted by Crippen LogP contribution is 2.01. The maximum Gasteiger partial charge on any atom is 0.303 e. The van der Waals surface area contributed by atoms with Crippen LogP contribution in [0.25, 0.3) is 0 Å². The fraction of sp³-hybridized carbons (Fsp3) is 0.500. The lowest BCUT2D eigenvalue weighted by molar-refractivity contribution is -0.136. The van der Waals surface area contributed by atoms with Gasteiger partial charge in [-0.25, -0.2) is 0 Å². The molecule has 18 heavy (non-hydrogen) atoms. The number of nitrogens with one attached hydrogen (secondary N) is 1. The van der Waals surface area contributed by atoms with Crippen molar-refractivity contribution in [2.75, 3.05) is 13.1 Å². The fourth-order valence-corrected chi connectivity index (χ4v) is 1.70. The van der Waals surface area contributed by atoms with E-state index in [0.29, 0.717) is 6.42 Å². The van der Waals surface area contributed by atoms with E-state index in [-0.39, 0.29) is 12.5 Å². The van der Waals surface area contributed by atoms with Gasteiger partial charge in [-0.2, -0.15) is 0 Å². The van der Waals surface area contributed by atoms with E-state index in [9.17, 15) is 4.79 Å². The molecule has 0 saturated carbocycles. The summed E-state index contributed by atoms with van der Waals surface area (Å²) in [7, 11) is 0. The summed E-state index contributed by atoms with van der Waals surface area (Å²) in [4.78, 5) is 10.2. The van der Waals surface area contributed by atoms with Crippen molar-refractivity contribution in [1.29, 1.82) is 0 Å². The Balaban J connectivity index is 0.000000199. The molecule has 100 valence electrons. The highest BCUT2D eigenvalue weighted by Gasteiger charge is 2.06. The predicted octanol–water partition coefficient (Wildman–Crippen LogP) is 1.43. The molecule has 0 unspecified atom stereocenters. The van der Waals surface area contributed by atoms with Crippen molar-refractivity contribution in [2.24, 2.45) is 0 Å². The molecule has 0 aromatic heterocycles. The van der Waals surface area contributed by atoms with Crippen molar-refractivity contribution in [3.63, 3.8) is 0 Å². The summed E-state index contributed by atoms with van der Waals surface area (Å²) in [6, 6.07) is 9.62. The van der Waals surface area contributed by atoms with Gasteiger partial charge in [0.05, 0.1) is 6.10 Å². The minimum Gasteiger partial charge on any atom is -0.481 e. The Hall–Kier alpha value is -1.39. The second-order valence-electron chi connectivity index (χ2n) is 4.36. The van der Waals surface area contributed by atoms with E-state index >= 15 is 0 Å². The van der Waals surface area contributed by atoms with Gasteiger partial charge in [-0.1, -0.05) is 30.3 Å². The molecule has 1 saturated heterocycles. The number of carboxylic acid groups (broad SMARTS) is 1. The van der Waals surface area contributed by atoms with Gasteiger partial charge in [-0.3, -0.25) is 4.79 Å². The fourth-order valence-electron chi connectivity index (χ4n) is 1.70. The summed E-state index contributed by atoms with van der Waals surface area (Å²) < 4.78 is 0. The van der Waals surface area contributed by atoms with Gasteiger partial charge in [-0.15, -0.1) is 0 Å². The number of aryl methyl sites for hydroxylation is 1. The van der Waals surface area contributed by atoms with Crippen molar-refractivity contribution < 1.29 is 15.0 Å². The molecule has 0 radical (unpaired) electrons. The van der Waals surface area contributed by atoms with Crippen LogP contribution in [-0.4, -0.2) is 35.4 Å². The van der Waals surface area contributed by atoms with Gasteiger partial charge in [0, 0.05) is 6.42 Å². The number of aliphatic hydroxyl groups is 1. The number of piperidine rings is 1.